The molecular formula is C39H48N2O11. The van der Waals surface area contributed by atoms with Crippen molar-refractivity contribution in [2.45, 2.75) is 95.0 Å². The summed E-state index contributed by atoms with van der Waals surface area (Å²) in [5, 5.41) is 24.1. The summed E-state index contributed by atoms with van der Waals surface area (Å²) in [6.45, 7) is 4.96. The second-order valence-corrected chi connectivity index (χ2v) is 14.1. The summed E-state index contributed by atoms with van der Waals surface area (Å²) in [4.78, 5) is 51.6. The van der Waals surface area contributed by atoms with Gasteiger partial charge in [-0.05, 0) is 68.2 Å². The van der Waals surface area contributed by atoms with Gasteiger partial charge in [-0.3, -0.25) is 14.4 Å². The highest BCUT2D eigenvalue weighted by molar-refractivity contribution is 5.94. The normalized spacial score (nSPS) is 20.8. The number of hydrogen-bond acceptors (Lipinski definition) is 11. The van der Waals surface area contributed by atoms with E-state index in [0.29, 0.717) is 29.5 Å². The van der Waals surface area contributed by atoms with Crippen LogP contribution in [-0.4, -0.2) is 96.1 Å². The molecule has 1 fully saturated rings. The first-order chi connectivity index (χ1) is 24.9. The van der Waals surface area contributed by atoms with Crippen LogP contribution in [0.4, 0.5) is 0 Å². The van der Waals surface area contributed by atoms with Gasteiger partial charge in [0.15, 0.2) is 5.79 Å². The Hall–Kier alpha value is -4.56. The third-order valence-electron chi connectivity index (χ3n) is 8.79. The van der Waals surface area contributed by atoms with Gasteiger partial charge in [-0.1, -0.05) is 36.4 Å². The Labute approximate surface area is 303 Å². The zero-order valence-electron chi connectivity index (χ0n) is 29.8. The van der Waals surface area contributed by atoms with Crippen LogP contribution >= 0.6 is 0 Å². The first kappa shape index (κ1) is 38.7. The monoisotopic (exact) mass is 720 g/mol. The zero-order valence-corrected chi connectivity index (χ0v) is 29.8. The number of nitrogens with one attached hydrogen (secondary N) is 2. The average molecular weight is 721 g/mol. The first-order valence-electron chi connectivity index (χ1n) is 17.6. The molecule has 13 nitrogen and oxygen atoms in total. The van der Waals surface area contributed by atoms with Gasteiger partial charge >= 0.3 is 11.9 Å². The summed E-state index contributed by atoms with van der Waals surface area (Å²) in [5.41, 5.74) is 2.90. The highest BCUT2D eigenvalue weighted by Crippen LogP contribution is 2.45. The number of carbonyl (C=O) groups is 4. The molecule has 13 heteroatoms. The Morgan fingerprint density at radius 1 is 1.02 bits per heavy atom. The van der Waals surface area contributed by atoms with E-state index >= 15 is 0 Å². The summed E-state index contributed by atoms with van der Waals surface area (Å²) >= 11 is 0. The number of aliphatic hydroxyl groups is 2. The van der Waals surface area contributed by atoms with Crippen LogP contribution in [0.25, 0.3) is 6.08 Å². The Morgan fingerprint density at radius 3 is 2.46 bits per heavy atom. The maximum absolute atomic E-state index is 13.5. The SMILES string of the molecule is CC(C)(C)OC(=O)CC[C@@H](CO)NC(=O)CCNC(=O)C1=C[C@H]2OC3(Cc4ccccc4C3)O[C@H]2[C@H](OC(=O)c2cccc(C=COCCO)c2)C1. The number of benzene rings is 2. The molecule has 1 spiro atoms. The molecule has 3 aliphatic rings. The predicted octanol–water partition coefficient (Wildman–Crippen LogP) is 2.91. The van der Waals surface area contributed by atoms with Crippen molar-refractivity contribution in [1.82, 2.24) is 10.6 Å². The molecule has 1 saturated heterocycles. The molecule has 5 rings (SSSR count). The summed E-state index contributed by atoms with van der Waals surface area (Å²) in [6.07, 6.45) is 3.88. The summed E-state index contributed by atoms with van der Waals surface area (Å²) in [5.74, 6) is -2.83. The minimum Gasteiger partial charge on any atom is -0.499 e. The number of hydrogen-bond donors (Lipinski definition) is 4. The van der Waals surface area contributed by atoms with Crippen LogP contribution in [0.5, 0.6) is 0 Å². The van der Waals surface area contributed by atoms with Gasteiger partial charge < -0.3 is 44.5 Å². The number of rotatable bonds is 15. The fraction of sp³-hybridized carbons (Fsp3) is 0.487. The van der Waals surface area contributed by atoms with E-state index in [1.165, 1.54) is 6.26 Å². The number of esters is 2. The molecule has 0 aromatic heterocycles. The minimum atomic E-state index is -0.962. The molecule has 0 saturated carbocycles. The summed E-state index contributed by atoms with van der Waals surface area (Å²) in [6, 6.07) is 14.1. The van der Waals surface area contributed by atoms with Gasteiger partial charge in [-0.2, -0.15) is 0 Å². The number of aliphatic hydroxyl groups excluding tert-OH is 2. The van der Waals surface area contributed by atoms with Crippen molar-refractivity contribution in [2.75, 3.05) is 26.4 Å². The Balaban J connectivity index is 1.22. The molecule has 2 aromatic carbocycles. The van der Waals surface area contributed by atoms with E-state index in [1.807, 2.05) is 24.3 Å². The van der Waals surface area contributed by atoms with E-state index in [-0.39, 0.29) is 52.0 Å². The smallest absolute Gasteiger partial charge is 0.338 e. The van der Waals surface area contributed by atoms with Crippen LogP contribution in [0.1, 0.15) is 73.5 Å². The molecule has 52 heavy (non-hydrogen) atoms. The second kappa shape index (κ2) is 17.3. The highest BCUT2D eigenvalue weighted by atomic mass is 16.8. The Bertz CT molecular complexity index is 1640. The quantitative estimate of drug-likeness (QED) is 0.121. The number of ether oxygens (including phenoxy) is 5. The fourth-order valence-electron chi connectivity index (χ4n) is 6.48. The van der Waals surface area contributed by atoms with Crippen molar-refractivity contribution in [3.63, 3.8) is 0 Å². The Morgan fingerprint density at radius 2 is 1.77 bits per heavy atom. The lowest BCUT2D eigenvalue weighted by Gasteiger charge is -2.30. The van der Waals surface area contributed by atoms with Crippen molar-refractivity contribution in [1.29, 1.82) is 0 Å². The molecule has 4 atom stereocenters. The summed E-state index contributed by atoms with van der Waals surface area (Å²) < 4.78 is 29.6. The van der Waals surface area contributed by atoms with Crippen LogP contribution < -0.4 is 10.6 Å². The van der Waals surface area contributed by atoms with Crippen molar-refractivity contribution >= 4 is 29.8 Å². The standard InChI is InChI=1S/C39H48N2O11/c1-38(2,3)51-34(45)12-11-30(24-43)41-33(44)13-15-40-36(46)29-20-31(49-37(47)26-10-6-7-25(19-26)14-17-48-18-16-42)35-32(21-29)50-39(52-35)22-27-8-4-5-9-28(27)23-39/h4-10,14,17,19,21,30-32,35,42-43H,11-13,15-16,18,20,22-24H2,1-3H3,(H,40,46)(H,41,44)/t30-,31+,32+,35-/m0/s1. The van der Waals surface area contributed by atoms with Crippen molar-refractivity contribution < 1.29 is 53.1 Å². The van der Waals surface area contributed by atoms with Crippen LogP contribution in [0, 0.1) is 0 Å². The molecule has 2 aliphatic carbocycles. The molecule has 2 aromatic rings. The van der Waals surface area contributed by atoms with Crippen LogP contribution in [0.3, 0.4) is 0 Å². The van der Waals surface area contributed by atoms with Crippen molar-refractivity contribution in [3.05, 3.63) is 88.7 Å². The lowest BCUT2D eigenvalue weighted by molar-refractivity contribution is -0.172. The zero-order chi connectivity index (χ0) is 37.3. The molecule has 280 valence electrons. The molecule has 0 radical (unpaired) electrons. The molecular weight excluding hydrogens is 672 g/mol. The van der Waals surface area contributed by atoms with Crippen molar-refractivity contribution in [2.24, 2.45) is 0 Å². The number of fused-ring (bicyclic) bond motifs is 2. The van der Waals surface area contributed by atoms with Gasteiger partial charge in [-0.15, -0.1) is 0 Å². The number of carbonyl (C=O) groups excluding carboxylic acids is 4. The van der Waals surface area contributed by atoms with E-state index in [2.05, 4.69) is 10.6 Å². The van der Waals surface area contributed by atoms with Gasteiger partial charge in [0.2, 0.25) is 11.8 Å². The van der Waals surface area contributed by atoms with Crippen LogP contribution in [0.15, 0.2) is 66.4 Å². The van der Waals surface area contributed by atoms with Gasteiger partial charge in [0.1, 0.15) is 30.5 Å². The van der Waals surface area contributed by atoms with Crippen molar-refractivity contribution in [3.8, 4) is 0 Å². The van der Waals surface area contributed by atoms with E-state index in [0.717, 1.165) is 11.1 Å². The van der Waals surface area contributed by atoms with Gasteiger partial charge in [0.25, 0.3) is 0 Å². The van der Waals surface area contributed by atoms with E-state index in [1.54, 1.807) is 57.2 Å². The second-order valence-electron chi connectivity index (χ2n) is 14.1. The van der Waals surface area contributed by atoms with E-state index in [4.69, 9.17) is 28.8 Å². The third kappa shape index (κ3) is 10.5. The molecule has 0 bridgehead atoms. The predicted molar refractivity (Wildman–Crippen MR) is 188 cm³/mol. The molecule has 0 unspecified atom stereocenters. The maximum atomic E-state index is 13.5. The van der Waals surface area contributed by atoms with Gasteiger partial charge in [-0.25, -0.2) is 4.79 Å². The summed E-state index contributed by atoms with van der Waals surface area (Å²) in [7, 11) is 0. The average Bonchev–Trinajstić information content (AvgIpc) is 3.65. The number of amides is 2. The lowest BCUT2D eigenvalue weighted by atomic mass is 9.91. The fourth-order valence-corrected chi connectivity index (χ4v) is 6.48. The topological polar surface area (TPSA) is 179 Å². The largest absolute Gasteiger partial charge is 0.499 e. The highest BCUT2D eigenvalue weighted by Gasteiger charge is 2.55. The van der Waals surface area contributed by atoms with Crippen LogP contribution in [-0.2, 0) is 50.9 Å². The minimum absolute atomic E-state index is 0.00367. The van der Waals surface area contributed by atoms with Gasteiger partial charge in [0, 0.05) is 44.2 Å². The van der Waals surface area contributed by atoms with Gasteiger partial charge in [0.05, 0.1) is 31.1 Å². The molecule has 1 heterocycles. The maximum Gasteiger partial charge on any atom is 0.338 e. The molecule has 2 amide bonds. The first-order valence-corrected chi connectivity index (χ1v) is 17.6. The lowest BCUT2D eigenvalue weighted by Crippen LogP contribution is -2.44. The molecule has 1 aliphatic heterocycles. The van der Waals surface area contributed by atoms with E-state index < -0.39 is 59.5 Å². The van der Waals surface area contributed by atoms with E-state index in [9.17, 15) is 24.3 Å². The van der Waals surface area contributed by atoms with Crippen LogP contribution in [0.2, 0.25) is 0 Å². The molecule has 4 N–H and O–H groups in total. The Kier molecular flexibility index (Phi) is 12.9. The third-order valence-corrected chi connectivity index (χ3v) is 8.79.